The zero-order valence-electron chi connectivity index (χ0n) is 27.7. The van der Waals surface area contributed by atoms with Crippen LogP contribution in [-0.2, 0) is 16.4 Å². The van der Waals surface area contributed by atoms with Crippen LogP contribution in [0.2, 0.25) is 0 Å². The molecule has 0 saturated carbocycles. The zero-order chi connectivity index (χ0) is 34.3. The Morgan fingerprint density at radius 3 is 2.15 bits per heavy atom. The fourth-order valence-corrected chi connectivity index (χ4v) is 8.06. The number of benzene rings is 3. The zero-order valence-corrected chi connectivity index (χ0v) is 28.5. The first-order valence-electron chi connectivity index (χ1n) is 16.5. The number of aryl methyl sites for hydroxylation is 2. The molecule has 3 aromatic carbocycles. The van der Waals surface area contributed by atoms with Gasteiger partial charge in [-0.2, -0.15) is 4.31 Å². The Bertz CT molecular complexity index is 1640. The molecule has 0 spiro atoms. The number of carbonyl (C=O) groups is 2. The van der Waals surface area contributed by atoms with E-state index in [1.807, 2.05) is 27.7 Å². The minimum absolute atomic E-state index is 0.00117. The predicted octanol–water partition coefficient (Wildman–Crippen LogP) is 6.74. The molecule has 47 heavy (non-hydrogen) atoms. The number of nitrogens with zero attached hydrogens (tertiary/aromatic N) is 2. The lowest BCUT2D eigenvalue weighted by Gasteiger charge is -2.37. The molecule has 0 bridgehead atoms. The van der Waals surface area contributed by atoms with Gasteiger partial charge in [0.25, 0.3) is 5.91 Å². The minimum Gasteiger partial charge on any atom is -0.392 e. The third-order valence-corrected chi connectivity index (χ3v) is 10.7. The fourth-order valence-electron chi connectivity index (χ4n) is 6.52. The first kappa shape index (κ1) is 36.4. The second kappa shape index (κ2) is 16.1. The molecule has 1 aliphatic heterocycles. The van der Waals surface area contributed by atoms with Crippen molar-refractivity contribution in [1.82, 2.24) is 9.21 Å². The van der Waals surface area contributed by atoms with Crippen molar-refractivity contribution in [1.29, 1.82) is 0 Å². The van der Waals surface area contributed by atoms with Gasteiger partial charge >= 0.3 is 0 Å². The third-order valence-electron chi connectivity index (χ3n) is 8.83. The average molecular weight is 669 g/mol. The highest BCUT2D eigenvalue weighted by atomic mass is 32.2. The number of carbonyl (C=O) groups excluding carboxylic acids is 2. The summed E-state index contributed by atoms with van der Waals surface area (Å²) >= 11 is 0. The quantitative estimate of drug-likeness (QED) is 0.192. The van der Waals surface area contributed by atoms with Crippen molar-refractivity contribution in [2.45, 2.75) is 77.2 Å². The summed E-state index contributed by atoms with van der Waals surface area (Å²) in [5.74, 6) is -3.29. The number of ketones is 1. The third kappa shape index (κ3) is 9.33. The normalized spacial score (nSPS) is 16.9. The summed E-state index contributed by atoms with van der Waals surface area (Å²) in [6.45, 7) is 9.23. The number of hydrogen-bond donors (Lipinski definition) is 1. The number of amides is 1. The number of rotatable bonds is 14. The summed E-state index contributed by atoms with van der Waals surface area (Å²) in [6.07, 6.45) is 1.33. The molecular weight excluding hydrogens is 622 g/mol. The smallest absolute Gasteiger partial charge is 0.253 e. The van der Waals surface area contributed by atoms with Gasteiger partial charge in [-0.25, -0.2) is 17.2 Å². The number of hydrogen-bond acceptors (Lipinski definition) is 5. The Kier molecular flexibility index (Phi) is 12.4. The van der Waals surface area contributed by atoms with Crippen molar-refractivity contribution in [3.05, 3.63) is 100 Å². The van der Waals surface area contributed by atoms with Crippen LogP contribution in [0.25, 0.3) is 0 Å². The summed E-state index contributed by atoms with van der Waals surface area (Å²) in [7, 11) is -3.82. The van der Waals surface area contributed by atoms with Crippen LogP contribution in [0.1, 0.15) is 83.4 Å². The van der Waals surface area contributed by atoms with Crippen molar-refractivity contribution in [3.8, 4) is 0 Å². The molecule has 1 amide bonds. The number of piperidine rings is 1. The standard InChI is InChI=1S/C37H46F2N2O5S/c1-5-13-40(14-6-2)37(44)31-17-26(4)16-29(21-31)35(42)22-30(18-27-19-32(38)23-33(39)20-27)36(43)28-8-7-15-41(24-28)47(45,46)34-11-9-25(3)10-12-34/h9-12,16-17,19-21,23,28,30,36,43H,5-8,13-15,18,22,24H2,1-4H3/t28-,30-,36-/m1/s1. The van der Waals surface area contributed by atoms with Gasteiger partial charge in [-0.15, -0.1) is 0 Å². The molecule has 1 N–H and O–H groups in total. The summed E-state index contributed by atoms with van der Waals surface area (Å²) in [5.41, 5.74) is 2.68. The first-order chi connectivity index (χ1) is 22.3. The fraction of sp³-hybridized carbons (Fsp3) is 0.459. The molecule has 0 aliphatic carbocycles. The summed E-state index contributed by atoms with van der Waals surface area (Å²) in [6, 6.07) is 14.8. The molecule has 3 aromatic rings. The van der Waals surface area contributed by atoms with Gasteiger partial charge in [0.05, 0.1) is 11.0 Å². The number of aliphatic hydroxyl groups excluding tert-OH is 1. The van der Waals surface area contributed by atoms with Crippen molar-refractivity contribution in [3.63, 3.8) is 0 Å². The van der Waals surface area contributed by atoms with Gasteiger partial charge in [0, 0.05) is 49.8 Å². The Hall–Kier alpha value is -3.47. The van der Waals surface area contributed by atoms with E-state index in [0.29, 0.717) is 43.6 Å². The Morgan fingerprint density at radius 1 is 0.915 bits per heavy atom. The van der Waals surface area contributed by atoms with Crippen LogP contribution in [0, 0.1) is 37.3 Å². The Labute approximate surface area is 277 Å². The summed E-state index contributed by atoms with van der Waals surface area (Å²) in [4.78, 5) is 29.2. The maximum absolute atomic E-state index is 14.2. The summed E-state index contributed by atoms with van der Waals surface area (Å²) < 4.78 is 56.7. The van der Waals surface area contributed by atoms with E-state index in [9.17, 15) is 31.9 Å². The van der Waals surface area contributed by atoms with Crippen LogP contribution < -0.4 is 0 Å². The highest BCUT2D eigenvalue weighted by Crippen LogP contribution is 2.32. The summed E-state index contributed by atoms with van der Waals surface area (Å²) in [5, 5.41) is 11.8. The van der Waals surface area contributed by atoms with E-state index in [4.69, 9.17) is 0 Å². The SMILES string of the molecule is CCCN(CCC)C(=O)c1cc(C)cc(C(=O)C[C@@H](Cc2cc(F)cc(F)c2)[C@H](O)[C@@H]2CCCN(S(=O)(=O)c3ccc(C)cc3)C2)c1. The van der Waals surface area contributed by atoms with E-state index < -0.39 is 39.6 Å². The maximum Gasteiger partial charge on any atom is 0.253 e. The molecule has 1 aliphatic rings. The van der Waals surface area contributed by atoms with Crippen LogP contribution in [0.5, 0.6) is 0 Å². The first-order valence-corrected chi connectivity index (χ1v) is 17.9. The molecule has 0 unspecified atom stereocenters. The van der Waals surface area contributed by atoms with Crippen LogP contribution in [0.3, 0.4) is 0 Å². The number of Topliss-reactive ketones (excluding diaryl/α,β-unsaturated/α-hetero) is 1. The van der Waals surface area contributed by atoms with Gasteiger partial charge in [0.15, 0.2) is 5.78 Å². The molecule has 4 rings (SSSR count). The highest BCUT2D eigenvalue weighted by Gasteiger charge is 2.37. The lowest BCUT2D eigenvalue weighted by Crippen LogP contribution is -2.46. The van der Waals surface area contributed by atoms with Gasteiger partial charge in [-0.05, 0) is 111 Å². The predicted molar refractivity (Wildman–Crippen MR) is 179 cm³/mol. The number of aliphatic hydroxyl groups is 1. The molecule has 1 saturated heterocycles. The van der Waals surface area contributed by atoms with Crippen LogP contribution in [0.15, 0.2) is 65.6 Å². The van der Waals surface area contributed by atoms with E-state index in [-0.39, 0.29) is 41.5 Å². The van der Waals surface area contributed by atoms with Crippen molar-refractivity contribution in [2.24, 2.45) is 11.8 Å². The molecule has 1 heterocycles. The molecule has 7 nitrogen and oxygen atoms in total. The lowest BCUT2D eigenvalue weighted by atomic mass is 9.79. The highest BCUT2D eigenvalue weighted by molar-refractivity contribution is 7.89. The molecule has 1 fully saturated rings. The van der Waals surface area contributed by atoms with Gasteiger partial charge in [-0.3, -0.25) is 9.59 Å². The van der Waals surface area contributed by atoms with Crippen LogP contribution in [-0.4, -0.2) is 66.7 Å². The van der Waals surface area contributed by atoms with Gasteiger partial charge < -0.3 is 10.0 Å². The Morgan fingerprint density at radius 2 is 1.53 bits per heavy atom. The van der Waals surface area contributed by atoms with Crippen molar-refractivity contribution in [2.75, 3.05) is 26.2 Å². The lowest BCUT2D eigenvalue weighted by molar-refractivity contribution is 0.0231. The second-order valence-electron chi connectivity index (χ2n) is 12.8. The maximum atomic E-state index is 14.2. The van der Waals surface area contributed by atoms with Crippen molar-refractivity contribution >= 4 is 21.7 Å². The van der Waals surface area contributed by atoms with Gasteiger partial charge in [-0.1, -0.05) is 31.5 Å². The van der Waals surface area contributed by atoms with E-state index in [1.54, 1.807) is 47.4 Å². The largest absolute Gasteiger partial charge is 0.392 e. The van der Waals surface area contributed by atoms with Gasteiger partial charge in [0.1, 0.15) is 11.6 Å². The molecule has 10 heteroatoms. The van der Waals surface area contributed by atoms with Crippen LogP contribution >= 0.6 is 0 Å². The molecule has 3 atom stereocenters. The molecule has 254 valence electrons. The number of halogens is 2. The van der Waals surface area contributed by atoms with Crippen LogP contribution in [0.4, 0.5) is 8.78 Å². The van der Waals surface area contributed by atoms with Crippen molar-refractivity contribution < 1.29 is 31.9 Å². The molecule has 0 radical (unpaired) electrons. The van der Waals surface area contributed by atoms with Gasteiger partial charge in [0.2, 0.25) is 10.0 Å². The molecule has 0 aromatic heterocycles. The Balaban J connectivity index is 1.61. The number of sulfonamides is 1. The van der Waals surface area contributed by atoms with E-state index in [1.165, 1.54) is 16.4 Å². The molecular formula is C37H46F2N2O5S. The minimum atomic E-state index is -3.82. The monoisotopic (exact) mass is 668 g/mol. The topological polar surface area (TPSA) is 95.0 Å². The van der Waals surface area contributed by atoms with E-state index in [2.05, 4.69) is 0 Å². The van der Waals surface area contributed by atoms with E-state index in [0.717, 1.165) is 30.0 Å². The second-order valence-corrected chi connectivity index (χ2v) is 14.8. The average Bonchev–Trinajstić information content (AvgIpc) is 3.03. The van der Waals surface area contributed by atoms with E-state index >= 15 is 0 Å².